The fraction of sp³-hybridized carbons (Fsp3) is 0.409. The summed E-state index contributed by atoms with van der Waals surface area (Å²) in [5, 5.41) is 9.49. The van der Waals surface area contributed by atoms with Crippen LogP contribution in [0.25, 0.3) is 0 Å². The maximum Gasteiger partial charge on any atom is 0.175 e. The zero-order valence-corrected chi connectivity index (χ0v) is 16.2. The Bertz CT molecular complexity index is 668. The molecule has 0 saturated carbocycles. The zero-order valence-electron chi connectivity index (χ0n) is 16.2. The largest absolute Gasteiger partial charge is 0.508 e. The average molecular weight is 342 g/mol. The van der Waals surface area contributed by atoms with Crippen molar-refractivity contribution in [1.82, 2.24) is 0 Å². The Labute approximate surface area is 151 Å². The Balaban J connectivity index is 2.87. The minimum absolute atomic E-state index is 0.0736. The highest BCUT2D eigenvalue weighted by molar-refractivity contribution is 5.85. The van der Waals surface area contributed by atoms with Gasteiger partial charge in [0.05, 0.1) is 0 Å². The molecule has 3 heteroatoms. The van der Waals surface area contributed by atoms with Gasteiger partial charge in [0.25, 0.3) is 0 Å². The molecule has 0 unspecified atom stereocenters. The summed E-state index contributed by atoms with van der Waals surface area (Å²) in [6, 6.07) is 7.78. The van der Waals surface area contributed by atoms with Gasteiger partial charge in [-0.05, 0) is 36.8 Å². The van der Waals surface area contributed by atoms with E-state index in [0.29, 0.717) is 5.75 Å². The highest BCUT2D eigenvalue weighted by Crippen LogP contribution is 2.32. The second-order valence-electron chi connectivity index (χ2n) is 7.76. The van der Waals surface area contributed by atoms with Gasteiger partial charge in [0.1, 0.15) is 18.1 Å². The molecule has 1 rings (SSSR count). The molecule has 0 aromatic heterocycles. The number of hydrogen-bond acceptors (Lipinski definition) is 3. The first-order valence-electron chi connectivity index (χ1n) is 8.45. The summed E-state index contributed by atoms with van der Waals surface area (Å²) >= 11 is 0. The van der Waals surface area contributed by atoms with Crippen LogP contribution in [0.3, 0.4) is 0 Å². The second-order valence-corrected chi connectivity index (χ2v) is 7.76. The van der Waals surface area contributed by atoms with Crippen LogP contribution in [-0.2, 0) is 10.2 Å². The number of hydrogen-bond donors (Lipinski definition) is 1. The fourth-order valence-electron chi connectivity index (χ4n) is 2.05. The van der Waals surface area contributed by atoms with Crippen molar-refractivity contribution in [2.24, 2.45) is 5.41 Å². The highest BCUT2D eigenvalue weighted by Gasteiger charge is 2.23. The minimum atomic E-state index is -0.394. The van der Waals surface area contributed by atoms with Crippen LogP contribution in [-0.4, -0.2) is 17.5 Å². The Morgan fingerprint density at radius 3 is 2.16 bits per heavy atom. The summed E-state index contributed by atoms with van der Waals surface area (Å²) in [7, 11) is 0. The molecule has 0 aliphatic heterocycles. The molecule has 1 N–H and O–H groups in total. The first kappa shape index (κ1) is 20.8. The van der Waals surface area contributed by atoms with E-state index >= 15 is 0 Å². The third kappa shape index (κ3) is 5.93. The van der Waals surface area contributed by atoms with E-state index < -0.39 is 5.41 Å². The van der Waals surface area contributed by atoms with Gasteiger partial charge in [-0.2, -0.15) is 0 Å². The van der Waals surface area contributed by atoms with Gasteiger partial charge in [0.15, 0.2) is 5.78 Å². The summed E-state index contributed by atoms with van der Waals surface area (Å²) in [6.45, 7) is 15.5. The molecule has 1 aromatic rings. The van der Waals surface area contributed by atoms with Gasteiger partial charge in [0.2, 0.25) is 0 Å². The molecule has 0 spiro atoms. The summed E-state index contributed by atoms with van der Waals surface area (Å²) in [4.78, 5) is 11.9. The van der Waals surface area contributed by atoms with Crippen molar-refractivity contribution in [2.45, 2.75) is 47.0 Å². The zero-order chi connectivity index (χ0) is 19.3. The molecule has 0 saturated heterocycles. The number of Topliss-reactive ketones (excluding diaryl/α,β-unsaturated/α-hetero) is 1. The van der Waals surface area contributed by atoms with Crippen LogP contribution in [0.4, 0.5) is 0 Å². The van der Waals surface area contributed by atoms with E-state index in [4.69, 9.17) is 4.74 Å². The van der Waals surface area contributed by atoms with E-state index in [9.17, 15) is 9.90 Å². The first-order chi connectivity index (χ1) is 11.5. The van der Waals surface area contributed by atoms with Crippen LogP contribution < -0.4 is 4.74 Å². The third-order valence-corrected chi connectivity index (χ3v) is 4.48. The fourth-order valence-corrected chi connectivity index (χ4v) is 2.05. The standard InChI is InChI=1S/C22H30O3/c1-8-18(23)12-9-16(2)22(6,7)17-10-13-19(14-11-17)25-15-20(24)21(3,4)5/h8-14,23H,1,15H2,2-7H3/b16-9+,18-12+. The van der Waals surface area contributed by atoms with Gasteiger partial charge >= 0.3 is 0 Å². The Morgan fingerprint density at radius 1 is 1.12 bits per heavy atom. The number of aliphatic hydroxyl groups excluding tert-OH is 1. The summed E-state index contributed by atoms with van der Waals surface area (Å²) in [5.41, 5.74) is 1.64. The minimum Gasteiger partial charge on any atom is -0.508 e. The third-order valence-electron chi connectivity index (χ3n) is 4.48. The molecule has 25 heavy (non-hydrogen) atoms. The number of carbonyl (C=O) groups is 1. The predicted molar refractivity (Wildman–Crippen MR) is 104 cm³/mol. The van der Waals surface area contributed by atoms with Crippen LogP contribution in [0.15, 0.2) is 60.4 Å². The maximum absolute atomic E-state index is 11.9. The van der Waals surface area contributed by atoms with Crippen molar-refractivity contribution in [3.05, 3.63) is 66.0 Å². The van der Waals surface area contributed by atoms with Crippen molar-refractivity contribution in [1.29, 1.82) is 0 Å². The van der Waals surface area contributed by atoms with E-state index in [2.05, 4.69) is 20.4 Å². The predicted octanol–water partition coefficient (Wildman–Crippen LogP) is 5.53. The SMILES string of the molecule is C=C/C(O)=C\C=C(/C)C(C)(C)c1ccc(OCC(=O)C(C)(C)C)cc1. The second kappa shape index (κ2) is 8.19. The summed E-state index contributed by atoms with van der Waals surface area (Å²) in [5.74, 6) is 0.898. The molecule has 0 aliphatic carbocycles. The van der Waals surface area contributed by atoms with Gasteiger partial charge < -0.3 is 9.84 Å². The molecule has 0 bridgehead atoms. The monoisotopic (exact) mass is 342 g/mol. The first-order valence-corrected chi connectivity index (χ1v) is 8.45. The van der Waals surface area contributed by atoms with Gasteiger partial charge in [0, 0.05) is 10.8 Å². The van der Waals surface area contributed by atoms with Gasteiger partial charge in [-0.15, -0.1) is 0 Å². The quantitative estimate of drug-likeness (QED) is 0.523. The van der Waals surface area contributed by atoms with Gasteiger partial charge in [-0.25, -0.2) is 0 Å². The summed E-state index contributed by atoms with van der Waals surface area (Å²) in [6.07, 6.45) is 4.94. The number of carbonyl (C=O) groups excluding carboxylic acids is 1. The van der Waals surface area contributed by atoms with Crippen molar-refractivity contribution in [3.8, 4) is 5.75 Å². The molecule has 0 heterocycles. The molecule has 1 aromatic carbocycles. The molecule has 3 nitrogen and oxygen atoms in total. The van der Waals surface area contributed by atoms with E-state index in [-0.39, 0.29) is 23.6 Å². The molecule has 0 radical (unpaired) electrons. The molecule has 0 fully saturated rings. The lowest BCUT2D eigenvalue weighted by Gasteiger charge is -2.27. The molecular weight excluding hydrogens is 312 g/mol. The van der Waals surface area contributed by atoms with Crippen LogP contribution in [0, 0.1) is 5.41 Å². The summed E-state index contributed by atoms with van der Waals surface area (Å²) < 4.78 is 5.60. The van der Waals surface area contributed by atoms with Crippen molar-refractivity contribution in [2.75, 3.05) is 6.61 Å². The number of allylic oxidation sites excluding steroid dienone is 4. The van der Waals surface area contributed by atoms with Crippen LogP contribution in [0.5, 0.6) is 5.75 Å². The van der Waals surface area contributed by atoms with Crippen molar-refractivity contribution < 1.29 is 14.6 Å². The molecule has 136 valence electrons. The van der Waals surface area contributed by atoms with Crippen molar-refractivity contribution >= 4 is 5.78 Å². The molecular formula is C22H30O3. The Kier molecular flexibility index (Phi) is 6.80. The molecule has 0 atom stereocenters. The number of ether oxygens (including phenoxy) is 1. The molecule has 0 aliphatic rings. The smallest absolute Gasteiger partial charge is 0.175 e. The van der Waals surface area contributed by atoms with Crippen molar-refractivity contribution in [3.63, 3.8) is 0 Å². The van der Waals surface area contributed by atoms with Gasteiger partial charge in [-0.1, -0.05) is 65.0 Å². The number of ketones is 1. The van der Waals surface area contributed by atoms with Gasteiger partial charge in [-0.3, -0.25) is 4.79 Å². The highest BCUT2D eigenvalue weighted by atomic mass is 16.5. The Hall–Kier alpha value is -2.29. The normalized spacial score (nSPS) is 13.5. The van der Waals surface area contributed by atoms with Crippen LogP contribution in [0.1, 0.15) is 47.1 Å². The van der Waals surface area contributed by atoms with E-state index in [0.717, 1.165) is 11.1 Å². The number of aliphatic hydroxyl groups is 1. The number of rotatable bonds is 7. The topological polar surface area (TPSA) is 46.5 Å². The average Bonchev–Trinajstić information content (AvgIpc) is 2.56. The van der Waals surface area contributed by atoms with Crippen LogP contribution >= 0.6 is 0 Å². The van der Waals surface area contributed by atoms with Crippen LogP contribution in [0.2, 0.25) is 0 Å². The molecule has 0 amide bonds. The lowest BCUT2D eigenvalue weighted by atomic mass is 9.78. The maximum atomic E-state index is 11.9. The van der Waals surface area contributed by atoms with E-state index in [1.54, 1.807) is 6.08 Å². The van der Waals surface area contributed by atoms with E-state index in [1.165, 1.54) is 6.08 Å². The Morgan fingerprint density at radius 2 is 1.68 bits per heavy atom. The van der Waals surface area contributed by atoms with E-state index in [1.807, 2.05) is 58.0 Å². The number of benzene rings is 1. The lowest BCUT2D eigenvalue weighted by molar-refractivity contribution is -0.128. The lowest BCUT2D eigenvalue weighted by Crippen LogP contribution is -2.26.